The van der Waals surface area contributed by atoms with Gasteiger partial charge in [0.1, 0.15) is 6.04 Å². The molecule has 0 radical (unpaired) electrons. The summed E-state index contributed by atoms with van der Waals surface area (Å²) < 4.78 is 5.86. The number of hydrogen-bond donors (Lipinski definition) is 0. The zero-order chi connectivity index (χ0) is 21.7. The van der Waals surface area contributed by atoms with Crippen LogP contribution in [0.3, 0.4) is 0 Å². The normalized spacial score (nSPS) is 16.6. The van der Waals surface area contributed by atoms with Gasteiger partial charge in [-0.2, -0.15) is 0 Å². The van der Waals surface area contributed by atoms with Gasteiger partial charge in [0.05, 0.1) is 6.61 Å². The summed E-state index contributed by atoms with van der Waals surface area (Å²) in [5, 5.41) is 2.94. The first-order valence-corrected chi connectivity index (χ1v) is 11.2. The molecule has 160 valence electrons. The highest BCUT2D eigenvalue weighted by Gasteiger charge is 2.40. The van der Waals surface area contributed by atoms with E-state index < -0.39 is 11.3 Å². The monoisotopic (exact) mass is 425 g/mol. The third-order valence-electron chi connectivity index (χ3n) is 6.19. The number of carbonyl (C=O) groups is 2. The summed E-state index contributed by atoms with van der Waals surface area (Å²) in [5.74, 6) is -0.762. The highest BCUT2D eigenvalue weighted by molar-refractivity contribution is 7.80. The molecule has 0 aliphatic carbocycles. The van der Waals surface area contributed by atoms with Crippen LogP contribution in [-0.2, 0) is 20.7 Å². The molecule has 30 heavy (non-hydrogen) atoms. The predicted molar refractivity (Wildman–Crippen MR) is 125 cm³/mol. The highest BCUT2D eigenvalue weighted by atomic mass is 32.1. The topological polar surface area (TPSA) is 46.6 Å². The summed E-state index contributed by atoms with van der Waals surface area (Å²) in [6.45, 7) is 6.64. The molecule has 1 saturated heterocycles. The Bertz CT molecular complexity index is 932. The van der Waals surface area contributed by atoms with Gasteiger partial charge >= 0.3 is 0 Å². The van der Waals surface area contributed by atoms with Crippen LogP contribution in [0.25, 0.3) is 10.8 Å². The molecule has 5 heteroatoms. The number of benzene rings is 2. The fourth-order valence-corrected chi connectivity index (χ4v) is 4.21. The number of carbonyl (C=O) groups excluding carboxylic acids is 2. The SMILES string of the molecule is CCC(C)(C)C(=O)C(=O)N1CCCC1C(=S)OCCCc1cccc2ccccc12. The quantitative estimate of drug-likeness (QED) is 0.335. The second-order valence-electron chi connectivity index (χ2n) is 8.63. The van der Waals surface area contributed by atoms with Crippen molar-refractivity contribution >= 4 is 39.7 Å². The Balaban J connectivity index is 1.54. The average Bonchev–Trinajstić information content (AvgIpc) is 3.25. The number of aryl methyl sites for hydroxylation is 1. The number of likely N-dealkylation sites (tertiary alicyclic amines) is 1. The van der Waals surface area contributed by atoms with Crippen LogP contribution in [-0.4, -0.2) is 40.8 Å². The lowest BCUT2D eigenvalue weighted by Crippen LogP contribution is -2.47. The van der Waals surface area contributed by atoms with Gasteiger partial charge in [-0.3, -0.25) is 9.59 Å². The van der Waals surface area contributed by atoms with Crippen molar-refractivity contribution in [3.8, 4) is 0 Å². The molecule has 4 nitrogen and oxygen atoms in total. The highest BCUT2D eigenvalue weighted by Crippen LogP contribution is 2.26. The van der Waals surface area contributed by atoms with Gasteiger partial charge in [-0.05, 0) is 60.7 Å². The summed E-state index contributed by atoms with van der Waals surface area (Å²) in [4.78, 5) is 27.0. The molecule has 3 rings (SSSR count). The van der Waals surface area contributed by atoms with Crippen LogP contribution in [0.5, 0.6) is 0 Å². The van der Waals surface area contributed by atoms with Crippen LogP contribution in [0.4, 0.5) is 0 Å². The standard InChI is InChI=1S/C25H31NO3S/c1-4-25(2,3)22(27)23(28)26-16-8-15-21(26)24(30)29-17-9-13-19-12-7-11-18-10-5-6-14-20(18)19/h5-7,10-12,14,21H,4,8-9,13,15-17H2,1-3H3. The molecule has 1 unspecified atom stereocenters. The van der Waals surface area contributed by atoms with Gasteiger partial charge in [0, 0.05) is 12.0 Å². The first-order chi connectivity index (χ1) is 14.3. The number of nitrogens with zero attached hydrogens (tertiary/aromatic N) is 1. The minimum atomic E-state index is -0.648. The fourth-order valence-electron chi connectivity index (χ4n) is 3.88. The number of thiocarbonyl (C=S) groups is 1. The smallest absolute Gasteiger partial charge is 0.291 e. The van der Waals surface area contributed by atoms with Gasteiger partial charge in [-0.1, -0.05) is 63.2 Å². The minimum Gasteiger partial charge on any atom is -0.485 e. The molecule has 0 saturated carbocycles. The average molecular weight is 426 g/mol. The zero-order valence-corrected chi connectivity index (χ0v) is 19.0. The molecule has 0 bridgehead atoms. The minimum absolute atomic E-state index is 0.276. The summed E-state index contributed by atoms with van der Waals surface area (Å²) >= 11 is 5.50. The van der Waals surface area contributed by atoms with Crippen molar-refractivity contribution in [2.45, 2.75) is 58.9 Å². The van der Waals surface area contributed by atoms with E-state index in [9.17, 15) is 9.59 Å². The van der Waals surface area contributed by atoms with Crippen LogP contribution in [0.15, 0.2) is 42.5 Å². The first kappa shape index (κ1) is 22.4. The second-order valence-corrected chi connectivity index (χ2v) is 9.03. The zero-order valence-electron chi connectivity index (χ0n) is 18.1. The van der Waals surface area contributed by atoms with Gasteiger partial charge in [0.15, 0.2) is 5.05 Å². The maximum atomic E-state index is 12.8. The molecule has 0 spiro atoms. The second kappa shape index (κ2) is 9.69. The molecule has 1 atom stereocenters. The van der Waals surface area contributed by atoms with Crippen LogP contribution >= 0.6 is 12.2 Å². The van der Waals surface area contributed by atoms with Gasteiger partial charge in [-0.25, -0.2) is 0 Å². The summed E-state index contributed by atoms with van der Waals surface area (Å²) in [6.07, 6.45) is 3.98. The van der Waals surface area contributed by atoms with E-state index in [1.807, 2.05) is 20.8 Å². The molecular weight excluding hydrogens is 394 g/mol. The van der Waals surface area contributed by atoms with E-state index in [0.29, 0.717) is 24.6 Å². The maximum Gasteiger partial charge on any atom is 0.291 e. The van der Waals surface area contributed by atoms with Gasteiger partial charge in [0.25, 0.3) is 5.91 Å². The van der Waals surface area contributed by atoms with Crippen molar-refractivity contribution in [2.24, 2.45) is 5.41 Å². The van der Waals surface area contributed by atoms with E-state index in [4.69, 9.17) is 17.0 Å². The van der Waals surface area contributed by atoms with E-state index in [2.05, 4.69) is 42.5 Å². The fraction of sp³-hybridized carbons (Fsp3) is 0.480. The molecule has 0 N–H and O–H groups in total. The Morgan fingerprint density at radius 3 is 2.67 bits per heavy atom. The molecule has 1 fully saturated rings. The summed E-state index contributed by atoms with van der Waals surface area (Å²) in [5.41, 5.74) is 0.651. The van der Waals surface area contributed by atoms with E-state index in [0.717, 1.165) is 25.7 Å². The Morgan fingerprint density at radius 2 is 1.90 bits per heavy atom. The third kappa shape index (κ3) is 4.89. The Labute approximate surface area is 184 Å². The van der Waals surface area contributed by atoms with Crippen molar-refractivity contribution in [2.75, 3.05) is 13.2 Å². The Kier molecular flexibility index (Phi) is 7.24. The molecule has 1 aliphatic heterocycles. The maximum absolute atomic E-state index is 12.8. The summed E-state index contributed by atoms with van der Waals surface area (Å²) in [7, 11) is 0. The van der Waals surface area contributed by atoms with Crippen molar-refractivity contribution in [3.05, 3.63) is 48.0 Å². The van der Waals surface area contributed by atoms with Crippen molar-refractivity contribution in [1.29, 1.82) is 0 Å². The lowest BCUT2D eigenvalue weighted by atomic mass is 9.84. The van der Waals surface area contributed by atoms with E-state index in [1.165, 1.54) is 16.3 Å². The molecule has 0 aromatic heterocycles. The summed E-state index contributed by atoms with van der Waals surface area (Å²) in [6, 6.07) is 14.5. The predicted octanol–water partition coefficient (Wildman–Crippen LogP) is 5.11. The number of amides is 1. The number of ether oxygens (including phenoxy) is 1. The number of hydrogen-bond acceptors (Lipinski definition) is 4. The third-order valence-corrected chi connectivity index (χ3v) is 6.58. The van der Waals surface area contributed by atoms with Gasteiger partial charge < -0.3 is 9.64 Å². The molecule has 1 amide bonds. The largest absolute Gasteiger partial charge is 0.485 e. The molecular formula is C25H31NO3S. The van der Waals surface area contributed by atoms with E-state index in [-0.39, 0.29) is 11.8 Å². The molecule has 2 aromatic carbocycles. The van der Waals surface area contributed by atoms with Gasteiger partial charge in [-0.15, -0.1) is 0 Å². The van der Waals surface area contributed by atoms with E-state index >= 15 is 0 Å². The van der Waals surface area contributed by atoms with E-state index in [1.54, 1.807) is 4.90 Å². The number of fused-ring (bicyclic) bond motifs is 1. The number of Topliss-reactive ketones (excluding diaryl/α,β-unsaturated/α-hetero) is 1. The van der Waals surface area contributed by atoms with Crippen LogP contribution in [0, 0.1) is 5.41 Å². The van der Waals surface area contributed by atoms with Crippen LogP contribution in [0.1, 0.15) is 52.0 Å². The van der Waals surface area contributed by atoms with Crippen molar-refractivity contribution < 1.29 is 14.3 Å². The lowest BCUT2D eigenvalue weighted by Gasteiger charge is -2.28. The Hall–Kier alpha value is -2.27. The first-order valence-electron chi connectivity index (χ1n) is 10.8. The molecule has 1 aliphatic rings. The van der Waals surface area contributed by atoms with Gasteiger partial charge in [0.2, 0.25) is 5.78 Å². The van der Waals surface area contributed by atoms with Crippen LogP contribution in [0.2, 0.25) is 0 Å². The molecule has 2 aromatic rings. The van der Waals surface area contributed by atoms with Crippen molar-refractivity contribution in [1.82, 2.24) is 4.90 Å². The van der Waals surface area contributed by atoms with Crippen molar-refractivity contribution in [3.63, 3.8) is 0 Å². The number of ketones is 1. The lowest BCUT2D eigenvalue weighted by molar-refractivity contribution is -0.149. The van der Waals surface area contributed by atoms with Crippen LogP contribution < -0.4 is 0 Å². The Morgan fingerprint density at radius 1 is 1.17 bits per heavy atom. The molecule has 1 heterocycles. The number of rotatable bonds is 8.